The summed E-state index contributed by atoms with van der Waals surface area (Å²) >= 11 is 0. The van der Waals surface area contributed by atoms with E-state index in [4.69, 9.17) is 14.5 Å². The average molecular weight is 429 g/mol. The first kappa shape index (κ1) is 23.2. The number of aliphatic imine (C=N–C) groups is 1. The van der Waals surface area contributed by atoms with Gasteiger partial charge in [-0.3, -0.25) is 0 Å². The van der Waals surface area contributed by atoms with Crippen molar-refractivity contribution in [2.45, 2.75) is 45.8 Å². The highest BCUT2D eigenvalue weighted by Crippen LogP contribution is 2.33. The van der Waals surface area contributed by atoms with Gasteiger partial charge in [0.25, 0.3) is 0 Å². The predicted octanol–water partition coefficient (Wildman–Crippen LogP) is 2.67. The zero-order valence-corrected chi connectivity index (χ0v) is 19.2. The van der Waals surface area contributed by atoms with E-state index in [2.05, 4.69) is 52.0 Å². The third-order valence-electron chi connectivity index (χ3n) is 5.76. The number of ether oxygens (including phenoxy) is 2. The Bertz CT molecular complexity index is 833. The second kappa shape index (κ2) is 11.8. The molecule has 1 aromatic carbocycles. The summed E-state index contributed by atoms with van der Waals surface area (Å²) in [5.41, 5.74) is 2.51. The van der Waals surface area contributed by atoms with Crippen molar-refractivity contribution < 1.29 is 9.47 Å². The summed E-state index contributed by atoms with van der Waals surface area (Å²) in [7, 11) is 3.68. The number of rotatable bonds is 9. The molecule has 0 spiro atoms. The van der Waals surface area contributed by atoms with Crippen LogP contribution in [0.25, 0.3) is 0 Å². The fourth-order valence-corrected chi connectivity index (χ4v) is 3.74. The van der Waals surface area contributed by atoms with E-state index >= 15 is 0 Å². The van der Waals surface area contributed by atoms with E-state index in [9.17, 15) is 0 Å². The summed E-state index contributed by atoms with van der Waals surface area (Å²) < 4.78 is 13.3. The molecule has 1 aliphatic rings. The number of aryl methyl sites for hydroxylation is 2. The summed E-state index contributed by atoms with van der Waals surface area (Å²) in [4.78, 5) is 4.75. The lowest BCUT2D eigenvalue weighted by molar-refractivity contribution is -0.0265. The molecule has 31 heavy (non-hydrogen) atoms. The van der Waals surface area contributed by atoms with Gasteiger partial charge in [0.05, 0.1) is 6.10 Å². The van der Waals surface area contributed by atoms with Crippen molar-refractivity contribution in [3.05, 3.63) is 47.0 Å². The number of guanidine groups is 1. The molecule has 0 saturated carbocycles. The molecule has 2 unspecified atom stereocenters. The molecule has 2 aromatic rings. The van der Waals surface area contributed by atoms with Crippen LogP contribution in [0.4, 0.5) is 0 Å². The summed E-state index contributed by atoms with van der Waals surface area (Å²) in [5.74, 6) is 2.89. The Morgan fingerprint density at radius 3 is 2.74 bits per heavy atom. The van der Waals surface area contributed by atoms with Crippen molar-refractivity contribution in [2.24, 2.45) is 18.0 Å². The van der Waals surface area contributed by atoms with E-state index in [1.165, 1.54) is 11.1 Å². The molecule has 170 valence electrons. The minimum absolute atomic E-state index is 0.109. The van der Waals surface area contributed by atoms with E-state index in [-0.39, 0.29) is 6.10 Å². The van der Waals surface area contributed by atoms with Gasteiger partial charge in [0.15, 0.2) is 11.8 Å². The molecule has 1 saturated heterocycles. The van der Waals surface area contributed by atoms with Gasteiger partial charge < -0.3 is 24.7 Å². The fourth-order valence-electron chi connectivity index (χ4n) is 3.74. The van der Waals surface area contributed by atoms with Crippen LogP contribution >= 0.6 is 0 Å². The highest BCUT2D eigenvalue weighted by Gasteiger charge is 2.27. The molecule has 8 nitrogen and oxygen atoms in total. The Labute approximate surface area is 185 Å². The van der Waals surface area contributed by atoms with Crippen LogP contribution in [0.2, 0.25) is 0 Å². The monoisotopic (exact) mass is 428 g/mol. The van der Waals surface area contributed by atoms with Crippen LogP contribution in [0.15, 0.2) is 29.3 Å². The number of methoxy groups -OCH3 is 1. The molecule has 1 fully saturated rings. The van der Waals surface area contributed by atoms with E-state index in [1.54, 1.807) is 7.11 Å². The molecular formula is C23H36N6O2. The van der Waals surface area contributed by atoms with Crippen LogP contribution < -0.4 is 10.6 Å². The lowest BCUT2D eigenvalue weighted by Gasteiger charge is -2.32. The molecule has 0 bridgehead atoms. The van der Waals surface area contributed by atoms with Gasteiger partial charge in [-0.2, -0.15) is 0 Å². The van der Waals surface area contributed by atoms with E-state index in [0.717, 1.165) is 56.6 Å². The van der Waals surface area contributed by atoms with Crippen molar-refractivity contribution in [1.82, 2.24) is 25.4 Å². The van der Waals surface area contributed by atoms with Crippen LogP contribution in [0.3, 0.4) is 0 Å². The minimum Gasteiger partial charge on any atom is -0.385 e. The van der Waals surface area contributed by atoms with Crippen molar-refractivity contribution in [3.63, 3.8) is 0 Å². The number of benzene rings is 1. The fraction of sp³-hybridized carbons (Fsp3) is 0.609. The van der Waals surface area contributed by atoms with Crippen LogP contribution in [-0.2, 0) is 23.1 Å². The van der Waals surface area contributed by atoms with Crippen molar-refractivity contribution >= 4 is 5.96 Å². The zero-order chi connectivity index (χ0) is 22.1. The first-order valence-corrected chi connectivity index (χ1v) is 11.1. The number of hydrogen-bond donors (Lipinski definition) is 2. The predicted molar refractivity (Wildman–Crippen MR) is 122 cm³/mol. The van der Waals surface area contributed by atoms with Gasteiger partial charge in [-0.05, 0) is 38.7 Å². The Morgan fingerprint density at radius 2 is 2.03 bits per heavy atom. The van der Waals surface area contributed by atoms with Crippen molar-refractivity contribution in [1.29, 1.82) is 0 Å². The second-order valence-electron chi connectivity index (χ2n) is 8.15. The Hall–Kier alpha value is -2.45. The molecule has 1 aromatic heterocycles. The maximum Gasteiger partial charge on any atom is 0.191 e. The Balaban J connectivity index is 1.64. The molecule has 8 heteroatoms. The lowest BCUT2D eigenvalue weighted by Crippen LogP contribution is -2.42. The molecule has 2 N–H and O–H groups in total. The van der Waals surface area contributed by atoms with Gasteiger partial charge in [-0.25, -0.2) is 4.99 Å². The molecule has 0 radical (unpaired) electrons. The molecule has 0 aliphatic carbocycles. The summed E-state index contributed by atoms with van der Waals surface area (Å²) in [5, 5.41) is 15.3. The minimum atomic E-state index is 0.109. The summed E-state index contributed by atoms with van der Waals surface area (Å²) in [6, 6.07) is 8.69. The van der Waals surface area contributed by atoms with E-state index < -0.39 is 0 Å². The molecule has 2 heterocycles. The zero-order valence-electron chi connectivity index (χ0n) is 19.2. The maximum atomic E-state index is 6.17. The van der Waals surface area contributed by atoms with Gasteiger partial charge >= 0.3 is 0 Å². The smallest absolute Gasteiger partial charge is 0.191 e. The largest absolute Gasteiger partial charge is 0.385 e. The van der Waals surface area contributed by atoms with Gasteiger partial charge in [-0.15, -0.1) is 10.2 Å². The number of nitrogens with zero attached hydrogens (tertiary/aromatic N) is 4. The number of aromatic nitrogens is 3. The summed E-state index contributed by atoms with van der Waals surface area (Å²) in [6.07, 6.45) is 3.24. The van der Waals surface area contributed by atoms with Crippen molar-refractivity contribution in [2.75, 3.05) is 33.4 Å². The quantitative estimate of drug-likeness (QED) is 0.363. The Morgan fingerprint density at radius 1 is 1.23 bits per heavy atom. The first-order valence-electron chi connectivity index (χ1n) is 11.1. The van der Waals surface area contributed by atoms with Crippen LogP contribution in [0.1, 0.15) is 48.1 Å². The normalized spacial score (nSPS) is 19.4. The average Bonchev–Trinajstić information content (AvgIpc) is 3.11. The lowest BCUT2D eigenvalue weighted by atomic mass is 9.89. The molecule has 1 aliphatic heterocycles. The third-order valence-corrected chi connectivity index (χ3v) is 5.76. The van der Waals surface area contributed by atoms with Crippen molar-refractivity contribution in [3.8, 4) is 0 Å². The highest BCUT2D eigenvalue weighted by atomic mass is 16.5. The maximum absolute atomic E-state index is 6.17. The summed E-state index contributed by atoms with van der Waals surface area (Å²) in [6.45, 7) is 7.65. The Kier molecular flexibility index (Phi) is 8.85. The SMILES string of the molecule is COCCCNC(=NCc1nnc(C)n1C)NCC1CCCOC1c1ccc(C)cc1. The van der Waals surface area contributed by atoms with Crippen LogP contribution in [-0.4, -0.2) is 54.1 Å². The van der Waals surface area contributed by atoms with Gasteiger partial charge in [-0.1, -0.05) is 29.8 Å². The van der Waals surface area contributed by atoms with Crippen LogP contribution in [0, 0.1) is 19.8 Å². The molecular weight excluding hydrogens is 392 g/mol. The van der Waals surface area contributed by atoms with Gasteiger partial charge in [0, 0.05) is 46.4 Å². The van der Waals surface area contributed by atoms with E-state index in [0.29, 0.717) is 19.1 Å². The first-order chi connectivity index (χ1) is 15.1. The number of hydrogen-bond acceptors (Lipinski definition) is 5. The topological polar surface area (TPSA) is 85.6 Å². The second-order valence-corrected chi connectivity index (χ2v) is 8.15. The molecule has 2 atom stereocenters. The standard InChI is InChI=1S/C23H36N6O2/c1-17-8-10-19(11-9-17)22-20(7-5-14-31-22)15-25-23(24-12-6-13-30-4)26-16-21-28-27-18(2)29(21)3/h8-11,20,22H,5-7,12-16H2,1-4H3,(H2,24,25,26). The van der Waals surface area contributed by atoms with Crippen LogP contribution in [0.5, 0.6) is 0 Å². The number of nitrogens with one attached hydrogen (secondary N) is 2. The third kappa shape index (κ3) is 6.77. The molecule has 0 amide bonds. The van der Waals surface area contributed by atoms with E-state index in [1.807, 2.05) is 18.5 Å². The van der Waals surface area contributed by atoms with Gasteiger partial charge in [0.1, 0.15) is 12.4 Å². The highest BCUT2D eigenvalue weighted by molar-refractivity contribution is 5.79. The molecule has 3 rings (SSSR count). The van der Waals surface area contributed by atoms with Gasteiger partial charge in [0.2, 0.25) is 0 Å².